The van der Waals surface area contributed by atoms with Crippen LogP contribution < -0.4 is 10.5 Å². The van der Waals surface area contributed by atoms with Crippen LogP contribution in [-0.2, 0) is 6.54 Å². The van der Waals surface area contributed by atoms with E-state index in [1.165, 1.54) is 11.1 Å². The van der Waals surface area contributed by atoms with Crippen molar-refractivity contribution in [2.24, 2.45) is 11.1 Å². The molecule has 0 aliphatic heterocycles. The van der Waals surface area contributed by atoms with Crippen molar-refractivity contribution in [1.82, 2.24) is 4.90 Å². The second kappa shape index (κ2) is 6.92. The molecule has 1 aromatic rings. The summed E-state index contributed by atoms with van der Waals surface area (Å²) in [5.41, 5.74) is 8.49. The first-order valence-corrected chi connectivity index (χ1v) is 6.98. The Morgan fingerprint density at radius 1 is 1.32 bits per heavy atom. The van der Waals surface area contributed by atoms with Crippen LogP contribution in [0, 0.1) is 12.3 Å². The van der Waals surface area contributed by atoms with Crippen molar-refractivity contribution in [1.29, 1.82) is 0 Å². The van der Waals surface area contributed by atoms with Gasteiger partial charge in [0.1, 0.15) is 5.75 Å². The normalized spacial score (nSPS) is 11.9. The van der Waals surface area contributed by atoms with Gasteiger partial charge in [-0.25, -0.2) is 0 Å². The lowest BCUT2D eigenvalue weighted by atomic mass is 9.93. The fraction of sp³-hybridized carbons (Fsp3) is 0.625. The topological polar surface area (TPSA) is 38.5 Å². The second-order valence-electron chi connectivity index (χ2n) is 5.99. The van der Waals surface area contributed by atoms with E-state index in [1.807, 2.05) is 6.07 Å². The highest BCUT2D eigenvalue weighted by Crippen LogP contribution is 2.23. The van der Waals surface area contributed by atoms with E-state index in [9.17, 15) is 0 Å². The lowest BCUT2D eigenvalue weighted by Gasteiger charge is -2.31. The Kier molecular flexibility index (Phi) is 5.83. The molecule has 0 saturated carbocycles. The van der Waals surface area contributed by atoms with Crippen LogP contribution in [0.2, 0.25) is 0 Å². The maximum Gasteiger partial charge on any atom is 0.123 e. The molecule has 0 aliphatic rings. The van der Waals surface area contributed by atoms with Gasteiger partial charge >= 0.3 is 0 Å². The summed E-state index contributed by atoms with van der Waals surface area (Å²) in [6.07, 6.45) is 0. The Morgan fingerprint density at radius 3 is 2.53 bits per heavy atom. The molecule has 0 spiro atoms. The number of hydrogen-bond donors (Lipinski definition) is 1. The van der Waals surface area contributed by atoms with Crippen molar-refractivity contribution in [3.63, 3.8) is 0 Å². The molecule has 1 aromatic carbocycles. The highest BCUT2D eigenvalue weighted by molar-refractivity contribution is 5.36. The molecule has 0 radical (unpaired) electrons. The van der Waals surface area contributed by atoms with Gasteiger partial charge < -0.3 is 10.5 Å². The first-order valence-electron chi connectivity index (χ1n) is 6.98. The van der Waals surface area contributed by atoms with Gasteiger partial charge in [-0.05, 0) is 31.5 Å². The Morgan fingerprint density at radius 2 is 2.00 bits per heavy atom. The molecular formula is C16H28N2O. The first-order chi connectivity index (χ1) is 8.91. The van der Waals surface area contributed by atoms with Crippen molar-refractivity contribution in [3.05, 3.63) is 29.3 Å². The Balaban J connectivity index is 2.83. The first kappa shape index (κ1) is 16.0. The van der Waals surface area contributed by atoms with E-state index < -0.39 is 0 Å². The van der Waals surface area contributed by atoms with Gasteiger partial charge in [-0.3, -0.25) is 4.90 Å². The van der Waals surface area contributed by atoms with Crippen LogP contribution in [0.1, 0.15) is 31.9 Å². The van der Waals surface area contributed by atoms with Gasteiger partial charge in [-0.1, -0.05) is 38.5 Å². The number of aryl methyl sites for hydroxylation is 1. The lowest BCUT2D eigenvalue weighted by Crippen LogP contribution is -2.38. The summed E-state index contributed by atoms with van der Waals surface area (Å²) in [5.74, 6) is 0.967. The van der Waals surface area contributed by atoms with Crippen molar-refractivity contribution < 1.29 is 4.74 Å². The van der Waals surface area contributed by atoms with Crippen LogP contribution in [0.25, 0.3) is 0 Å². The number of nitrogens with zero attached hydrogens (tertiary/aromatic N) is 1. The summed E-state index contributed by atoms with van der Waals surface area (Å²) in [7, 11) is 1.73. The Labute approximate surface area is 117 Å². The molecule has 0 atom stereocenters. The molecule has 1 rings (SSSR count). The van der Waals surface area contributed by atoms with Gasteiger partial charge in [0.25, 0.3) is 0 Å². The fourth-order valence-corrected chi connectivity index (χ4v) is 2.22. The SMILES string of the molecule is CCN(Cc1cc(C)ccc1OC)CC(C)(C)CN. The van der Waals surface area contributed by atoms with Crippen LogP contribution >= 0.6 is 0 Å². The van der Waals surface area contributed by atoms with Crippen LogP contribution in [-0.4, -0.2) is 31.6 Å². The molecule has 0 amide bonds. The lowest BCUT2D eigenvalue weighted by molar-refractivity contribution is 0.182. The zero-order valence-corrected chi connectivity index (χ0v) is 13.0. The average molecular weight is 264 g/mol. The molecule has 0 bridgehead atoms. The largest absolute Gasteiger partial charge is 0.496 e. The molecule has 0 fully saturated rings. The molecule has 0 unspecified atom stereocenters. The molecule has 3 heteroatoms. The summed E-state index contributed by atoms with van der Waals surface area (Å²) in [6.45, 7) is 12.3. The minimum atomic E-state index is 0.146. The van der Waals surface area contributed by atoms with E-state index in [0.29, 0.717) is 6.54 Å². The van der Waals surface area contributed by atoms with Crippen LogP contribution in [0.4, 0.5) is 0 Å². The average Bonchev–Trinajstić information content (AvgIpc) is 2.38. The molecule has 0 heterocycles. The number of hydrogen-bond acceptors (Lipinski definition) is 3. The van der Waals surface area contributed by atoms with E-state index in [-0.39, 0.29) is 5.41 Å². The van der Waals surface area contributed by atoms with Gasteiger partial charge in [-0.2, -0.15) is 0 Å². The van der Waals surface area contributed by atoms with Crippen molar-refractivity contribution in [3.8, 4) is 5.75 Å². The Bertz CT molecular complexity index is 402. The fourth-order valence-electron chi connectivity index (χ4n) is 2.22. The van der Waals surface area contributed by atoms with Crippen molar-refractivity contribution in [2.75, 3.05) is 26.7 Å². The number of ether oxygens (including phenoxy) is 1. The van der Waals surface area contributed by atoms with E-state index in [4.69, 9.17) is 10.5 Å². The second-order valence-corrected chi connectivity index (χ2v) is 5.99. The third-order valence-electron chi connectivity index (χ3n) is 3.48. The summed E-state index contributed by atoms with van der Waals surface area (Å²) in [5, 5.41) is 0. The monoisotopic (exact) mass is 264 g/mol. The third-order valence-corrected chi connectivity index (χ3v) is 3.48. The van der Waals surface area contributed by atoms with Crippen LogP contribution in [0.5, 0.6) is 5.75 Å². The zero-order valence-electron chi connectivity index (χ0n) is 13.0. The predicted octanol–water partition coefficient (Wildman–Crippen LogP) is 2.81. The minimum Gasteiger partial charge on any atom is -0.496 e. The Hall–Kier alpha value is -1.06. The number of methoxy groups -OCH3 is 1. The maximum absolute atomic E-state index is 5.83. The van der Waals surface area contributed by atoms with Crippen molar-refractivity contribution >= 4 is 0 Å². The molecular weight excluding hydrogens is 236 g/mol. The predicted molar refractivity (Wildman–Crippen MR) is 81.5 cm³/mol. The summed E-state index contributed by atoms with van der Waals surface area (Å²) < 4.78 is 5.45. The van der Waals surface area contributed by atoms with E-state index >= 15 is 0 Å². The molecule has 0 saturated heterocycles. The molecule has 0 aliphatic carbocycles. The van der Waals surface area contributed by atoms with Gasteiger partial charge in [-0.15, -0.1) is 0 Å². The highest BCUT2D eigenvalue weighted by Gasteiger charge is 2.20. The van der Waals surface area contributed by atoms with E-state index in [0.717, 1.165) is 25.4 Å². The summed E-state index contributed by atoms with van der Waals surface area (Å²) in [4.78, 5) is 2.42. The zero-order chi connectivity index (χ0) is 14.5. The van der Waals surface area contributed by atoms with E-state index in [2.05, 4.69) is 44.7 Å². The highest BCUT2D eigenvalue weighted by atomic mass is 16.5. The summed E-state index contributed by atoms with van der Waals surface area (Å²) >= 11 is 0. The molecule has 2 N–H and O–H groups in total. The standard InChI is InChI=1S/C16H28N2O/c1-6-18(12-16(3,4)11-17)10-14-9-13(2)7-8-15(14)19-5/h7-9H,6,10-12,17H2,1-5H3. The summed E-state index contributed by atoms with van der Waals surface area (Å²) in [6, 6.07) is 6.34. The van der Waals surface area contributed by atoms with Crippen LogP contribution in [0.15, 0.2) is 18.2 Å². The maximum atomic E-state index is 5.83. The van der Waals surface area contributed by atoms with Gasteiger partial charge in [0.15, 0.2) is 0 Å². The molecule has 3 nitrogen and oxygen atoms in total. The van der Waals surface area contributed by atoms with Gasteiger partial charge in [0.2, 0.25) is 0 Å². The van der Waals surface area contributed by atoms with Crippen molar-refractivity contribution in [2.45, 2.75) is 34.2 Å². The minimum absolute atomic E-state index is 0.146. The molecule has 19 heavy (non-hydrogen) atoms. The number of rotatable bonds is 7. The van der Waals surface area contributed by atoms with Gasteiger partial charge in [0.05, 0.1) is 7.11 Å². The number of benzene rings is 1. The smallest absolute Gasteiger partial charge is 0.123 e. The van der Waals surface area contributed by atoms with Gasteiger partial charge in [0, 0.05) is 18.7 Å². The quantitative estimate of drug-likeness (QED) is 0.823. The third kappa shape index (κ3) is 4.84. The van der Waals surface area contributed by atoms with E-state index in [1.54, 1.807) is 7.11 Å². The van der Waals surface area contributed by atoms with Crippen LogP contribution in [0.3, 0.4) is 0 Å². The number of nitrogens with two attached hydrogens (primary N) is 1. The molecule has 0 aromatic heterocycles. The molecule has 108 valence electrons.